The third-order valence-electron chi connectivity index (χ3n) is 3.18. The van der Waals surface area contributed by atoms with Crippen LogP contribution in [-0.2, 0) is 6.18 Å². The Labute approximate surface area is 132 Å². The van der Waals surface area contributed by atoms with Gasteiger partial charge in [-0.05, 0) is 23.8 Å². The highest BCUT2D eigenvalue weighted by molar-refractivity contribution is 5.85. The van der Waals surface area contributed by atoms with E-state index in [0.29, 0.717) is 11.3 Å². The first kappa shape index (κ1) is 15.7. The van der Waals surface area contributed by atoms with Crippen molar-refractivity contribution in [3.8, 4) is 0 Å². The predicted octanol–water partition coefficient (Wildman–Crippen LogP) is 4.24. The van der Waals surface area contributed by atoms with E-state index in [4.69, 9.17) is 0 Å². The Kier molecular flexibility index (Phi) is 3.76. The van der Waals surface area contributed by atoms with E-state index in [1.54, 1.807) is 6.07 Å². The van der Waals surface area contributed by atoms with Crippen molar-refractivity contribution in [2.45, 2.75) is 6.18 Å². The summed E-state index contributed by atoms with van der Waals surface area (Å²) < 4.78 is 37.9. The van der Waals surface area contributed by atoms with Gasteiger partial charge in [0.2, 0.25) is 5.82 Å². The number of benzene rings is 2. The summed E-state index contributed by atoms with van der Waals surface area (Å²) in [5, 5.41) is 10.7. The Morgan fingerprint density at radius 1 is 1.21 bits per heavy atom. The molecule has 0 saturated heterocycles. The number of aromatic nitrogens is 2. The second kappa shape index (κ2) is 5.76. The number of hydrogen-bond donors (Lipinski definition) is 1. The lowest BCUT2D eigenvalue weighted by atomic mass is 10.2. The summed E-state index contributed by atoms with van der Waals surface area (Å²) >= 11 is 0. The lowest BCUT2D eigenvalue weighted by Gasteiger charge is -1.99. The van der Waals surface area contributed by atoms with Crippen LogP contribution in [0.1, 0.15) is 11.4 Å². The van der Waals surface area contributed by atoms with Crippen LogP contribution in [0, 0.1) is 10.1 Å². The van der Waals surface area contributed by atoms with Crippen molar-refractivity contribution in [3.05, 3.63) is 64.0 Å². The van der Waals surface area contributed by atoms with Crippen molar-refractivity contribution in [3.63, 3.8) is 0 Å². The van der Waals surface area contributed by atoms with Crippen LogP contribution >= 0.6 is 0 Å². The molecule has 0 spiro atoms. The summed E-state index contributed by atoms with van der Waals surface area (Å²) in [6.07, 6.45) is -3.15. The molecule has 9 heteroatoms. The third-order valence-corrected chi connectivity index (χ3v) is 3.18. The molecule has 1 aromatic heterocycles. The minimum Gasteiger partial charge on any atom is -0.334 e. The third kappa shape index (κ3) is 3.24. The topological polar surface area (TPSA) is 84.2 Å². The van der Waals surface area contributed by atoms with Gasteiger partial charge in [0.05, 0.1) is 21.6 Å². The molecule has 122 valence electrons. The van der Waals surface area contributed by atoms with Crippen molar-refractivity contribution in [2.75, 3.05) is 0 Å². The maximum Gasteiger partial charge on any atom is 0.449 e. The van der Waals surface area contributed by atoms with Crippen LogP contribution in [0.15, 0.2) is 47.5 Å². The lowest BCUT2D eigenvalue weighted by Crippen LogP contribution is -2.06. The summed E-state index contributed by atoms with van der Waals surface area (Å²) in [6, 6.07) is 10.2. The molecule has 0 saturated carbocycles. The SMILES string of the molecule is O=[N+]([O-])c1cccc(C=Nc2ccc3nc(C(F)(F)F)[nH]c3c2)c1. The summed E-state index contributed by atoms with van der Waals surface area (Å²) in [5.74, 6) is -1.07. The van der Waals surface area contributed by atoms with Crippen LogP contribution in [0.2, 0.25) is 0 Å². The molecule has 24 heavy (non-hydrogen) atoms. The van der Waals surface area contributed by atoms with Crippen LogP contribution < -0.4 is 0 Å². The number of nitro benzene ring substituents is 1. The molecule has 1 N–H and O–H groups in total. The monoisotopic (exact) mass is 334 g/mol. The minimum absolute atomic E-state index is 0.0715. The maximum absolute atomic E-state index is 12.6. The Bertz CT molecular complexity index is 947. The van der Waals surface area contributed by atoms with Crippen molar-refractivity contribution in [2.24, 2.45) is 4.99 Å². The number of nitrogens with zero attached hydrogens (tertiary/aromatic N) is 3. The van der Waals surface area contributed by atoms with E-state index >= 15 is 0 Å². The van der Waals surface area contributed by atoms with E-state index < -0.39 is 16.9 Å². The second-order valence-electron chi connectivity index (χ2n) is 4.89. The molecule has 0 aliphatic heterocycles. The first-order valence-corrected chi connectivity index (χ1v) is 6.68. The average molecular weight is 334 g/mol. The van der Waals surface area contributed by atoms with Gasteiger partial charge in [0, 0.05) is 18.3 Å². The molecular formula is C15H9F3N4O2. The van der Waals surface area contributed by atoms with Gasteiger partial charge in [-0.15, -0.1) is 0 Å². The number of H-pyrrole nitrogens is 1. The lowest BCUT2D eigenvalue weighted by molar-refractivity contribution is -0.384. The molecule has 0 atom stereocenters. The minimum atomic E-state index is -4.55. The maximum atomic E-state index is 12.6. The molecule has 0 aliphatic rings. The van der Waals surface area contributed by atoms with E-state index in [-0.39, 0.29) is 16.7 Å². The Balaban J connectivity index is 1.90. The second-order valence-corrected chi connectivity index (χ2v) is 4.89. The predicted molar refractivity (Wildman–Crippen MR) is 81.4 cm³/mol. The zero-order valence-corrected chi connectivity index (χ0v) is 11.9. The van der Waals surface area contributed by atoms with Crippen LogP contribution in [0.5, 0.6) is 0 Å². The van der Waals surface area contributed by atoms with Gasteiger partial charge in [0.1, 0.15) is 0 Å². The molecule has 0 bridgehead atoms. The highest BCUT2D eigenvalue weighted by atomic mass is 19.4. The summed E-state index contributed by atoms with van der Waals surface area (Å²) in [7, 11) is 0. The molecule has 2 aromatic carbocycles. The summed E-state index contributed by atoms with van der Waals surface area (Å²) in [4.78, 5) is 20.0. The molecule has 0 radical (unpaired) electrons. The number of hydrogen-bond acceptors (Lipinski definition) is 4. The molecule has 0 aliphatic carbocycles. The van der Waals surface area contributed by atoms with Gasteiger partial charge >= 0.3 is 6.18 Å². The van der Waals surface area contributed by atoms with E-state index in [1.807, 2.05) is 0 Å². The Morgan fingerprint density at radius 3 is 2.71 bits per heavy atom. The fraction of sp³-hybridized carbons (Fsp3) is 0.0667. The van der Waals surface area contributed by atoms with E-state index in [2.05, 4.69) is 15.0 Å². The number of alkyl halides is 3. The Hall–Kier alpha value is -3.23. The van der Waals surface area contributed by atoms with E-state index in [9.17, 15) is 23.3 Å². The molecule has 0 unspecified atom stereocenters. The molecular weight excluding hydrogens is 325 g/mol. The van der Waals surface area contributed by atoms with Gasteiger partial charge in [-0.25, -0.2) is 4.98 Å². The first-order valence-electron chi connectivity index (χ1n) is 6.68. The molecule has 1 heterocycles. The van der Waals surface area contributed by atoms with Gasteiger partial charge in [0.15, 0.2) is 0 Å². The molecule has 0 amide bonds. The molecule has 3 aromatic rings. The number of fused-ring (bicyclic) bond motifs is 1. The molecule has 3 rings (SSSR count). The van der Waals surface area contributed by atoms with Gasteiger partial charge in [-0.1, -0.05) is 12.1 Å². The number of rotatable bonds is 3. The van der Waals surface area contributed by atoms with E-state index in [0.717, 1.165) is 0 Å². The fourth-order valence-electron chi connectivity index (χ4n) is 2.08. The van der Waals surface area contributed by atoms with Crippen molar-refractivity contribution in [1.29, 1.82) is 0 Å². The molecule has 6 nitrogen and oxygen atoms in total. The van der Waals surface area contributed by atoms with Gasteiger partial charge < -0.3 is 4.98 Å². The number of aromatic amines is 1. The highest BCUT2D eigenvalue weighted by Gasteiger charge is 2.34. The number of imidazole rings is 1. The highest BCUT2D eigenvalue weighted by Crippen LogP contribution is 2.29. The number of nitro groups is 1. The zero-order chi connectivity index (χ0) is 17.3. The fourth-order valence-corrected chi connectivity index (χ4v) is 2.08. The Morgan fingerprint density at radius 2 is 2.00 bits per heavy atom. The van der Waals surface area contributed by atoms with Crippen molar-refractivity contribution in [1.82, 2.24) is 9.97 Å². The normalized spacial score (nSPS) is 12.1. The van der Waals surface area contributed by atoms with Crippen LogP contribution in [0.3, 0.4) is 0 Å². The van der Waals surface area contributed by atoms with Crippen LogP contribution in [0.25, 0.3) is 11.0 Å². The summed E-state index contributed by atoms with van der Waals surface area (Å²) in [5.41, 5.74) is 1.21. The van der Waals surface area contributed by atoms with Gasteiger partial charge in [0.25, 0.3) is 5.69 Å². The number of halogens is 3. The zero-order valence-electron chi connectivity index (χ0n) is 11.9. The van der Waals surface area contributed by atoms with E-state index in [1.165, 1.54) is 42.6 Å². The van der Waals surface area contributed by atoms with Crippen LogP contribution in [-0.4, -0.2) is 21.1 Å². The van der Waals surface area contributed by atoms with Crippen LogP contribution in [0.4, 0.5) is 24.5 Å². The average Bonchev–Trinajstić information content (AvgIpc) is 2.96. The largest absolute Gasteiger partial charge is 0.449 e. The quantitative estimate of drug-likeness (QED) is 0.442. The number of nitrogens with one attached hydrogen (secondary N) is 1. The summed E-state index contributed by atoms with van der Waals surface area (Å²) in [6.45, 7) is 0. The van der Waals surface area contributed by atoms with Crippen molar-refractivity contribution < 1.29 is 18.1 Å². The smallest absolute Gasteiger partial charge is 0.334 e. The molecule has 0 fully saturated rings. The van der Waals surface area contributed by atoms with Gasteiger partial charge in [-0.2, -0.15) is 13.2 Å². The van der Waals surface area contributed by atoms with Gasteiger partial charge in [-0.3, -0.25) is 15.1 Å². The van der Waals surface area contributed by atoms with Crippen molar-refractivity contribution >= 4 is 28.6 Å². The number of non-ortho nitro benzene ring substituents is 1. The number of aliphatic imine (C=N–C) groups is 1. The first-order chi connectivity index (χ1) is 11.3. The standard InChI is InChI=1S/C15H9F3N4O2/c16-15(17,18)14-20-12-5-4-10(7-13(12)21-14)19-8-9-2-1-3-11(6-9)22(23)24/h1-8H,(H,20,21).